The minimum atomic E-state index is -0.181. The molecule has 8 heteroatoms. The van der Waals surface area contributed by atoms with Gasteiger partial charge in [0, 0.05) is 29.4 Å². The molecule has 0 radical (unpaired) electrons. The second-order valence-corrected chi connectivity index (χ2v) is 8.30. The first-order valence-electron chi connectivity index (χ1n) is 10.3. The van der Waals surface area contributed by atoms with Gasteiger partial charge in [0.1, 0.15) is 11.6 Å². The number of allylic oxidation sites excluding steroid dienone is 1. The number of aromatic nitrogens is 3. The number of hydrogen-bond acceptors (Lipinski definition) is 6. The quantitative estimate of drug-likeness (QED) is 0.621. The van der Waals surface area contributed by atoms with E-state index in [0.717, 1.165) is 54.1 Å². The van der Waals surface area contributed by atoms with Crippen LogP contribution in [0.4, 0.5) is 11.6 Å². The van der Waals surface area contributed by atoms with E-state index in [-0.39, 0.29) is 12.0 Å². The highest BCUT2D eigenvalue weighted by Crippen LogP contribution is 2.30. The molecule has 8 nitrogen and oxygen atoms in total. The Morgan fingerprint density at radius 2 is 1.90 bits per heavy atom. The van der Waals surface area contributed by atoms with Crippen LogP contribution in [0.5, 0.6) is 0 Å². The highest BCUT2D eigenvalue weighted by Gasteiger charge is 2.25. The molecular formula is C21H26N6O2. The zero-order chi connectivity index (χ0) is 20.0. The summed E-state index contributed by atoms with van der Waals surface area (Å²) in [7, 11) is 0. The van der Waals surface area contributed by atoms with Crippen molar-refractivity contribution in [2.45, 2.75) is 63.1 Å². The maximum Gasteiger partial charge on any atom is 0.228 e. The predicted octanol–water partition coefficient (Wildman–Crippen LogP) is 2.44. The molecule has 3 fully saturated rings. The summed E-state index contributed by atoms with van der Waals surface area (Å²) in [4.78, 5) is 16.5. The molecule has 2 aromatic heterocycles. The van der Waals surface area contributed by atoms with E-state index in [0.29, 0.717) is 24.2 Å². The molecule has 0 aromatic carbocycles. The van der Waals surface area contributed by atoms with E-state index in [1.807, 2.05) is 16.7 Å². The number of aliphatic hydroxyl groups is 1. The van der Waals surface area contributed by atoms with Crippen LogP contribution in [-0.2, 0) is 4.79 Å². The van der Waals surface area contributed by atoms with Gasteiger partial charge >= 0.3 is 0 Å². The van der Waals surface area contributed by atoms with Crippen molar-refractivity contribution < 1.29 is 9.90 Å². The van der Waals surface area contributed by atoms with Crippen molar-refractivity contribution in [1.29, 1.82) is 0 Å². The number of nitrogens with zero attached hydrogens (tertiary/aromatic N) is 3. The van der Waals surface area contributed by atoms with Gasteiger partial charge in [-0.05, 0) is 50.2 Å². The lowest BCUT2D eigenvalue weighted by atomic mass is 9.93. The zero-order valence-electron chi connectivity index (χ0n) is 16.3. The largest absolute Gasteiger partial charge is 0.393 e. The smallest absolute Gasteiger partial charge is 0.228 e. The van der Waals surface area contributed by atoms with Gasteiger partial charge in [-0.25, -0.2) is 4.98 Å². The fraction of sp³-hybridized carbons (Fsp3) is 0.476. The van der Waals surface area contributed by atoms with Crippen molar-refractivity contribution in [2.75, 3.05) is 10.6 Å². The molecule has 2 saturated carbocycles. The van der Waals surface area contributed by atoms with Crippen molar-refractivity contribution in [3.63, 3.8) is 0 Å². The molecule has 1 aliphatic heterocycles. The molecule has 1 saturated heterocycles. The fourth-order valence-corrected chi connectivity index (χ4v) is 4.02. The first kappa shape index (κ1) is 18.2. The van der Waals surface area contributed by atoms with Gasteiger partial charge < -0.3 is 21.1 Å². The van der Waals surface area contributed by atoms with E-state index in [4.69, 9.17) is 4.98 Å². The maximum absolute atomic E-state index is 11.6. The molecule has 2 aliphatic carbocycles. The number of anilines is 2. The third-order valence-electron chi connectivity index (χ3n) is 5.84. The van der Waals surface area contributed by atoms with E-state index in [1.165, 1.54) is 12.8 Å². The summed E-state index contributed by atoms with van der Waals surface area (Å²) < 4.78 is 1.83. The van der Waals surface area contributed by atoms with E-state index >= 15 is 0 Å². The highest BCUT2D eigenvalue weighted by molar-refractivity contribution is 5.89. The van der Waals surface area contributed by atoms with Crippen LogP contribution in [-0.4, -0.2) is 43.8 Å². The molecule has 0 spiro atoms. The Balaban J connectivity index is 1.49. The van der Waals surface area contributed by atoms with Gasteiger partial charge in [0.2, 0.25) is 5.91 Å². The van der Waals surface area contributed by atoms with Gasteiger partial charge in [-0.3, -0.25) is 4.79 Å². The van der Waals surface area contributed by atoms with Gasteiger partial charge in [0.15, 0.2) is 5.65 Å². The van der Waals surface area contributed by atoms with Crippen LogP contribution < -0.4 is 16.0 Å². The van der Waals surface area contributed by atoms with Crippen LogP contribution in [0.2, 0.25) is 0 Å². The van der Waals surface area contributed by atoms with Crippen LogP contribution in [0.3, 0.4) is 0 Å². The summed E-state index contributed by atoms with van der Waals surface area (Å²) in [5.74, 6) is 1.69. The van der Waals surface area contributed by atoms with Crippen molar-refractivity contribution in [3.8, 4) is 0 Å². The van der Waals surface area contributed by atoms with E-state index < -0.39 is 0 Å². The number of fused-ring (bicyclic) bond motifs is 1. The molecule has 152 valence electrons. The van der Waals surface area contributed by atoms with Crippen molar-refractivity contribution >= 4 is 29.3 Å². The number of carbonyl (C=O) groups excluding carboxylic acids is 1. The number of nitrogens with one attached hydrogen (secondary N) is 3. The minimum absolute atomic E-state index is 0.0383. The second kappa shape index (κ2) is 7.18. The summed E-state index contributed by atoms with van der Waals surface area (Å²) in [6.07, 6.45) is 9.71. The van der Waals surface area contributed by atoms with E-state index in [1.54, 1.807) is 6.20 Å². The van der Waals surface area contributed by atoms with Gasteiger partial charge in [-0.2, -0.15) is 9.61 Å². The SMILES string of the molecule is C=C1NC(=O)C/C1=C\c1cnn2c(NC3CC3)cc(NC3CCC(O)CC3)nc12. The first-order chi connectivity index (χ1) is 14.0. The van der Waals surface area contributed by atoms with Gasteiger partial charge in [-0.1, -0.05) is 6.58 Å². The first-order valence-corrected chi connectivity index (χ1v) is 10.3. The zero-order valence-corrected chi connectivity index (χ0v) is 16.3. The molecule has 3 aliphatic rings. The second-order valence-electron chi connectivity index (χ2n) is 8.30. The molecule has 4 N–H and O–H groups in total. The van der Waals surface area contributed by atoms with Gasteiger partial charge in [0.25, 0.3) is 0 Å². The summed E-state index contributed by atoms with van der Waals surface area (Å²) in [5, 5.41) is 24.1. The Kier molecular flexibility index (Phi) is 4.50. The predicted molar refractivity (Wildman–Crippen MR) is 111 cm³/mol. The highest BCUT2D eigenvalue weighted by atomic mass is 16.3. The van der Waals surface area contributed by atoms with Crippen LogP contribution in [0.25, 0.3) is 11.7 Å². The molecule has 29 heavy (non-hydrogen) atoms. The molecule has 0 bridgehead atoms. The van der Waals surface area contributed by atoms with Gasteiger partial charge in [0.05, 0.1) is 18.7 Å². The standard InChI is InChI=1S/C21H26N6O2/c1-12-13(9-20(29)23-12)8-14-11-22-27-19(25-16-2-3-16)10-18(26-21(14)27)24-15-4-6-17(28)7-5-15/h8,10-11,15-17,25,28H,1-7,9H2,(H,23,29)(H,24,26)/b13-8+. The number of rotatable bonds is 5. The average molecular weight is 394 g/mol. The fourth-order valence-electron chi connectivity index (χ4n) is 4.02. The Bertz CT molecular complexity index is 998. The van der Waals surface area contributed by atoms with Crippen LogP contribution in [0.1, 0.15) is 50.5 Å². The number of amides is 1. The molecule has 5 rings (SSSR count). The topological polar surface area (TPSA) is 104 Å². The lowest BCUT2D eigenvalue weighted by molar-refractivity contribution is -0.118. The van der Waals surface area contributed by atoms with E-state index in [9.17, 15) is 9.90 Å². The summed E-state index contributed by atoms with van der Waals surface area (Å²) in [6.45, 7) is 3.92. The maximum atomic E-state index is 11.6. The summed E-state index contributed by atoms with van der Waals surface area (Å²) in [6, 6.07) is 2.81. The number of hydrogen-bond donors (Lipinski definition) is 4. The van der Waals surface area contributed by atoms with Crippen molar-refractivity contribution in [2.24, 2.45) is 0 Å². The lowest BCUT2D eigenvalue weighted by Gasteiger charge is -2.26. The van der Waals surface area contributed by atoms with E-state index in [2.05, 4.69) is 27.6 Å². The summed E-state index contributed by atoms with van der Waals surface area (Å²) in [5.41, 5.74) is 3.11. The molecule has 3 heterocycles. The molecule has 1 amide bonds. The Hall–Kier alpha value is -2.87. The Morgan fingerprint density at radius 1 is 1.17 bits per heavy atom. The summed E-state index contributed by atoms with van der Waals surface area (Å²) >= 11 is 0. The normalized spacial score (nSPS) is 26.2. The van der Waals surface area contributed by atoms with Gasteiger partial charge in [-0.15, -0.1) is 0 Å². The molecule has 2 aromatic rings. The third kappa shape index (κ3) is 3.85. The minimum Gasteiger partial charge on any atom is -0.393 e. The average Bonchev–Trinajstić information content (AvgIpc) is 3.33. The third-order valence-corrected chi connectivity index (χ3v) is 5.84. The van der Waals surface area contributed by atoms with Crippen LogP contribution in [0, 0.1) is 0 Å². The molecular weight excluding hydrogens is 368 g/mol. The van der Waals surface area contributed by atoms with Crippen molar-refractivity contribution in [3.05, 3.63) is 35.7 Å². The Morgan fingerprint density at radius 3 is 2.59 bits per heavy atom. The van der Waals surface area contributed by atoms with Crippen LogP contribution >= 0.6 is 0 Å². The molecule has 0 atom stereocenters. The van der Waals surface area contributed by atoms with Crippen molar-refractivity contribution in [1.82, 2.24) is 19.9 Å². The monoisotopic (exact) mass is 394 g/mol. The lowest BCUT2D eigenvalue weighted by Crippen LogP contribution is -2.28. The number of carbonyl (C=O) groups is 1. The Labute approximate surface area is 169 Å². The van der Waals surface area contributed by atoms with Crippen LogP contribution in [0.15, 0.2) is 30.1 Å². The number of aliphatic hydroxyl groups excluding tert-OH is 1. The molecule has 0 unspecified atom stereocenters.